The largest absolute Gasteiger partial charge is 0.497 e. The van der Waals surface area contributed by atoms with Gasteiger partial charge in [0.25, 0.3) is 5.91 Å². The molecule has 0 radical (unpaired) electrons. The van der Waals surface area contributed by atoms with Gasteiger partial charge in [-0.2, -0.15) is 4.68 Å². The van der Waals surface area contributed by atoms with E-state index in [0.29, 0.717) is 48.9 Å². The van der Waals surface area contributed by atoms with E-state index < -0.39 is 6.04 Å². The number of carbonyl (C=O) groups excluding carboxylic acids is 1. The standard InChI is InChI=1S/C31H37N5O3/c1-22(2)28(34(19-9-18-32)30(37)25-16-14-23(3)15-17-25)29-33-36(26-12-8-13-27(20-26)39-4)31(38)35(29)21-24-10-6-5-7-11-24/h5-8,10-17,20,22,28H,9,18-19,21,32H2,1-4H3. The lowest BCUT2D eigenvalue weighted by molar-refractivity contribution is 0.0603. The van der Waals surface area contributed by atoms with Gasteiger partial charge in [-0.25, -0.2) is 4.79 Å². The van der Waals surface area contributed by atoms with Crippen molar-refractivity contribution < 1.29 is 9.53 Å². The van der Waals surface area contributed by atoms with Crippen molar-refractivity contribution in [1.29, 1.82) is 0 Å². The zero-order valence-corrected chi connectivity index (χ0v) is 23.1. The molecule has 0 aliphatic carbocycles. The van der Waals surface area contributed by atoms with Gasteiger partial charge in [0.15, 0.2) is 5.82 Å². The zero-order valence-electron chi connectivity index (χ0n) is 23.1. The van der Waals surface area contributed by atoms with Crippen LogP contribution in [0.15, 0.2) is 83.7 Å². The number of nitrogens with zero attached hydrogens (tertiary/aromatic N) is 4. The van der Waals surface area contributed by atoms with Crippen molar-refractivity contribution in [3.05, 3.63) is 112 Å². The van der Waals surface area contributed by atoms with Crippen LogP contribution in [0.4, 0.5) is 0 Å². The Morgan fingerprint density at radius 3 is 2.38 bits per heavy atom. The average Bonchev–Trinajstić information content (AvgIpc) is 3.26. The van der Waals surface area contributed by atoms with Gasteiger partial charge in [0, 0.05) is 18.2 Å². The van der Waals surface area contributed by atoms with Crippen LogP contribution in [0.25, 0.3) is 5.69 Å². The number of aryl methyl sites for hydroxylation is 1. The second-order valence-electron chi connectivity index (χ2n) is 10.0. The van der Waals surface area contributed by atoms with E-state index in [1.165, 1.54) is 4.68 Å². The van der Waals surface area contributed by atoms with Crippen LogP contribution in [0.5, 0.6) is 5.75 Å². The second kappa shape index (κ2) is 12.6. The molecular formula is C31H37N5O3. The summed E-state index contributed by atoms with van der Waals surface area (Å²) in [5, 5.41) is 4.88. The second-order valence-corrected chi connectivity index (χ2v) is 10.0. The smallest absolute Gasteiger partial charge is 0.351 e. The first-order chi connectivity index (χ1) is 18.8. The average molecular weight is 528 g/mol. The van der Waals surface area contributed by atoms with Crippen LogP contribution >= 0.6 is 0 Å². The van der Waals surface area contributed by atoms with Gasteiger partial charge < -0.3 is 15.4 Å². The molecule has 1 amide bonds. The minimum absolute atomic E-state index is 0.0349. The van der Waals surface area contributed by atoms with E-state index in [-0.39, 0.29) is 17.5 Å². The third-order valence-electron chi connectivity index (χ3n) is 6.77. The third kappa shape index (κ3) is 6.29. The highest BCUT2D eigenvalue weighted by Crippen LogP contribution is 2.30. The molecule has 39 heavy (non-hydrogen) atoms. The first kappa shape index (κ1) is 27.9. The van der Waals surface area contributed by atoms with Crippen molar-refractivity contribution in [3.63, 3.8) is 0 Å². The maximum atomic E-state index is 13.9. The number of ether oxygens (including phenoxy) is 1. The van der Waals surface area contributed by atoms with Crippen molar-refractivity contribution in [1.82, 2.24) is 19.2 Å². The molecule has 4 rings (SSSR count). The van der Waals surface area contributed by atoms with Gasteiger partial charge in [0.2, 0.25) is 0 Å². The van der Waals surface area contributed by atoms with E-state index in [0.717, 1.165) is 11.1 Å². The van der Waals surface area contributed by atoms with Crippen LogP contribution in [0.2, 0.25) is 0 Å². The molecule has 0 aliphatic rings. The maximum absolute atomic E-state index is 13.9. The highest BCUT2D eigenvalue weighted by atomic mass is 16.5. The Bertz CT molecular complexity index is 1440. The van der Waals surface area contributed by atoms with Crippen LogP contribution in [-0.2, 0) is 6.54 Å². The molecule has 0 aliphatic heterocycles. The molecule has 8 nitrogen and oxygen atoms in total. The molecule has 0 spiro atoms. The number of nitrogens with two attached hydrogens (primary N) is 1. The number of aromatic nitrogens is 3. The summed E-state index contributed by atoms with van der Waals surface area (Å²) in [6.07, 6.45) is 0.625. The monoisotopic (exact) mass is 527 g/mol. The number of rotatable bonds is 11. The van der Waals surface area contributed by atoms with Gasteiger partial charge in [0.1, 0.15) is 5.75 Å². The number of hydrogen-bond donors (Lipinski definition) is 1. The van der Waals surface area contributed by atoms with Crippen molar-refractivity contribution in [3.8, 4) is 11.4 Å². The normalized spacial score (nSPS) is 11.9. The van der Waals surface area contributed by atoms with E-state index in [1.54, 1.807) is 17.7 Å². The Kier molecular flexibility index (Phi) is 8.99. The van der Waals surface area contributed by atoms with E-state index >= 15 is 0 Å². The van der Waals surface area contributed by atoms with E-state index in [9.17, 15) is 9.59 Å². The van der Waals surface area contributed by atoms with Crippen LogP contribution in [-0.4, -0.2) is 45.4 Å². The predicted octanol–water partition coefficient (Wildman–Crippen LogP) is 4.59. The van der Waals surface area contributed by atoms with Gasteiger partial charge in [-0.3, -0.25) is 9.36 Å². The van der Waals surface area contributed by atoms with Gasteiger partial charge in [-0.15, -0.1) is 5.10 Å². The molecular weight excluding hydrogens is 490 g/mol. The summed E-state index contributed by atoms with van der Waals surface area (Å²) in [7, 11) is 1.59. The topological polar surface area (TPSA) is 95.4 Å². The molecule has 204 valence electrons. The van der Waals surface area contributed by atoms with Gasteiger partial charge in [-0.05, 0) is 55.6 Å². The third-order valence-corrected chi connectivity index (χ3v) is 6.77. The first-order valence-electron chi connectivity index (χ1n) is 13.3. The number of methoxy groups -OCH3 is 1. The molecule has 1 atom stereocenters. The van der Waals surface area contributed by atoms with E-state index in [2.05, 4.69) is 0 Å². The maximum Gasteiger partial charge on any atom is 0.351 e. The Labute approximate surface area is 229 Å². The summed E-state index contributed by atoms with van der Waals surface area (Å²) in [5.74, 6) is 1.00. The number of carbonyl (C=O) groups is 1. The van der Waals surface area contributed by atoms with Crippen molar-refractivity contribution in [2.45, 2.75) is 39.8 Å². The lowest BCUT2D eigenvalue weighted by Gasteiger charge is -2.34. The summed E-state index contributed by atoms with van der Waals surface area (Å²) in [5.41, 5.74) is 8.83. The Balaban J connectivity index is 1.89. The number of benzene rings is 3. The molecule has 1 heterocycles. The van der Waals surface area contributed by atoms with Crippen molar-refractivity contribution in [2.24, 2.45) is 11.7 Å². The summed E-state index contributed by atoms with van der Waals surface area (Å²) < 4.78 is 8.47. The molecule has 2 N–H and O–H groups in total. The summed E-state index contributed by atoms with van der Waals surface area (Å²) in [6.45, 7) is 7.29. The molecule has 0 bridgehead atoms. The van der Waals surface area contributed by atoms with Crippen LogP contribution in [0.1, 0.15) is 53.6 Å². The minimum atomic E-state index is -0.464. The highest BCUT2D eigenvalue weighted by Gasteiger charge is 2.34. The molecule has 0 fully saturated rings. The Morgan fingerprint density at radius 2 is 1.74 bits per heavy atom. The van der Waals surface area contributed by atoms with E-state index in [4.69, 9.17) is 15.6 Å². The lowest BCUT2D eigenvalue weighted by Crippen LogP contribution is -2.40. The fourth-order valence-electron chi connectivity index (χ4n) is 4.74. The Hall–Kier alpha value is -4.17. The molecule has 0 saturated carbocycles. The molecule has 8 heteroatoms. The van der Waals surface area contributed by atoms with Crippen LogP contribution in [0, 0.1) is 12.8 Å². The minimum Gasteiger partial charge on any atom is -0.497 e. The van der Waals surface area contributed by atoms with Crippen molar-refractivity contribution in [2.75, 3.05) is 20.2 Å². The molecule has 1 aromatic heterocycles. The van der Waals surface area contributed by atoms with E-state index in [1.807, 2.05) is 98.5 Å². The highest BCUT2D eigenvalue weighted by molar-refractivity contribution is 5.94. The van der Waals surface area contributed by atoms with Gasteiger partial charge >= 0.3 is 5.69 Å². The molecule has 3 aromatic carbocycles. The first-order valence-corrected chi connectivity index (χ1v) is 13.3. The van der Waals surface area contributed by atoms with Gasteiger partial charge in [0.05, 0.1) is 25.4 Å². The lowest BCUT2D eigenvalue weighted by atomic mass is 9.99. The van der Waals surface area contributed by atoms with Crippen LogP contribution in [0.3, 0.4) is 0 Å². The van der Waals surface area contributed by atoms with Crippen LogP contribution < -0.4 is 16.2 Å². The van der Waals surface area contributed by atoms with Crippen molar-refractivity contribution >= 4 is 5.91 Å². The fourth-order valence-corrected chi connectivity index (χ4v) is 4.74. The number of amides is 1. The summed E-state index contributed by atoms with van der Waals surface area (Å²) >= 11 is 0. The molecule has 0 saturated heterocycles. The SMILES string of the molecule is COc1cccc(-n2nc(C(C(C)C)N(CCCN)C(=O)c3ccc(C)cc3)n(Cc3ccccc3)c2=O)c1. The Morgan fingerprint density at radius 1 is 1.03 bits per heavy atom. The number of hydrogen-bond acceptors (Lipinski definition) is 5. The molecule has 4 aromatic rings. The fraction of sp³-hybridized carbons (Fsp3) is 0.323. The quantitative estimate of drug-likeness (QED) is 0.308. The molecule has 1 unspecified atom stereocenters. The predicted molar refractivity (Wildman–Crippen MR) is 153 cm³/mol. The summed E-state index contributed by atoms with van der Waals surface area (Å²) in [4.78, 5) is 29.7. The van der Waals surface area contributed by atoms with Gasteiger partial charge in [-0.1, -0.05) is 67.9 Å². The summed E-state index contributed by atoms with van der Waals surface area (Å²) in [6, 6.07) is 24.1. The zero-order chi connectivity index (χ0) is 27.9.